The largest absolute Gasteiger partial charge is 0.480 e. The van der Waals surface area contributed by atoms with Gasteiger partial charge in [-0.15, -0.1) is 0 Å². The predicted molar refractivity (Wildman–Crippen MR) is 66.8 cm³/mol. The van der Waals surface area contributed by atoms with Crippen LogP contribution in [-0.2, 0) is 9.59 Å². The van der Waals surface area contributed by atoms with Gasteiger partial charge in [0.15, 0.2) is 5.41 Å². The van der Waals surface area contributed by atoms with Crippen LogP contribution >= 0.6 is 0 Å². The van der Waals surface area contributed by atoms with E-state index in [1.54, 1.807) is 20.8 Å². The third-order valence-corrected chi connectivity index (χ3v) is 2.31. The summed E-state index contributed by atoms with van der Waals surface area (Å²) in [6, 6.07) is 0. The summed E-state index contributed by atoms with van der Waals surface area (Å²) in [5, 5.41) is 17.6. The van der Waals surface area contributed by atoms with Crippen LogP contribution in [-0.4, -0.2) is 54.8 Å². The highest BCUT2D eigenvalue weighted by Crippen LogP contribution is 2.31. The molecule has 2 N–H and O–H groups in total. The fraction of sp³-hybridized carbons (Fsp3) is 0.833. The SMILES string of the molecule is CCC(C(=O)O)(C(=O)O)C(C)C.C[N+](C)(C)C. The van der Waals surface area contributed by atoms with Crippen molar-refractivity contribution in [3.05, 3.63) is 0 Å². The Bertz CT molecular complexity index is 246. The van der Waals surface area contributed by atoms with Crippen molar-refractivity contribution in [2.45, 2.75) is 27.2 Å². The summed E-state index contributed by atoms with van der Waals surface area (Å²) in [4.78, 5) is 21.5. The van der Waals surface area contributed by atoms with E-state index in [2.05, 4.69) is 28.2 Å². The Morgan fingerprint density at radius 3 is 1.29 bits per heavy atom. The van der Waals surface area contributed by atoms with Crippen LogP contribution in [0.25, 0.3) is 0 Å². The first kappa shape index (κ1) is 18.3. The van der Waals surface area contributed by atoms with Crippen molar-refractivity contribution in [2.24, 2.45) is 11.3 Å². The molecule has 0 fully saturated rings. The van der Waals surface area contributed by atoms with Gasteiger partial charge in [0.2, 0.25) is 0 Å². The summed E-state index contributed by atoms with van der Waals surface area (Å²) >= 11 is 0. The Labute approximate surface area is 104 Å². The number of hydrogen-bond acceptors (Lipinski definition) is 2. The van der Waals surface area contributed by atoms with Crippen LogP contribution in [0.3, 0.4) is 0 Å². The summed E-state index contributed by atoms with van der Waals surface area (Å²) in [7, 11) is 8.50. The maximum atomic E-state index is 10.8. The van der Waals surface area contributed by atoms with Crippen LogP contribution in [0, 0.1) is 11.3 Å². The van der Waals surface area contributed by atoms with E-state index in [1.807, 2.05) is 0 Å². The van der Waals surface area contributed by atoms with Gasteiger partial charge in [0.25, 0.3) is 0 Å². The maximum Gasteiger partial charge on any atom is 0.321 e. The molecule has 5 heteroatoms. The number of carboxylic acids is 2. The molecule has 0 saturated carbocycles. The molecule has 0 atom stereocenters. The first-order chi connectivity index (χ1) is 7.39. The standard InChI is InChI=1S/C8H14O4.C4H12N/c1-4-8(5(2)3,6(9)10)7(11)12;1-5(2,3)4/h5H,4H2,1-3H3,(H,9,10)(H,11,12);1-4H3/q;+1. The Hall–Kier alpha value is -1.10. The molecular formula is C12H26NO4+. The van der Waals surface area contributed by atoms with Crippen molar-refractivity contribution in [2.75, 3.05) is 28.2 Å². The molecule has 0 aromatic heterocycles. The van der Waals surface area contributed by atoms with Crippen molar-refractivity contribution < 1.29 is 24.3 Å². The van der Waals surface area contributed by atoms with Crippen LogP contribution in [0.2, 0.25) is 0 Å². The minimum atomic E-state index is -1.63. The predicted octanol–water partition coefficient (Wildman–Crippen LogP) is 1.53. The lowest BCUT2D eigenvalue weighted by Crippen LogP contribution is -2.43. The second-order valence-electron chi connectivity index (χ2n) is 5.77. The zero-order valence-electron chi connectivity index (χ0n) is 11.9. The zero-order valence-corrected chi connectivity index (χ0v) is 11.9. The van der Waals surface area contributed by atoms with E-state index in [0.29, 0.717) is 0 Å². The Morgan fingerprint density at radius 1 is 1.06 bits per heavy atom. The highest BCUT2D eigenvalue weighted by Gasteiger charge is 2.47. The number of rotatable bonds is 4. The summed E-state index contributed by atoms with van der Waals surface area (Å²) in [6.45, 7) is 4.78. The summed E-state index contributed by atoms with van der Waals surface area (Å²) < 4.78 is 1.00. The average Bonchev–Trinajstić information content (AvgIpc) is 1.99. The smallest absolute Gasteiger partial charge is 0.321 e. The van der Waals surface area contributed by atoms with Crippen LogP contribution in [0.5, 0.6) is 0 Å². The number of quaternary nitrogens is 1. The molecule has 102 valence electrons. The molecule has 0 aliphatic carbocycles. The van der Waals surface area contributed by atoms with Gasteiger partial charge in [-0.1, -0.05) is 20.8 Å². The monoisotopic (exact) mass is 248 g/mol. The highest BCUT2D eigenvalue weighted by atomic mass is 16.4. The lowest BCUT2D eigenvalue weighted by atomic mass is 9.75. The van der Waals surface area contributed by atoms with E-state index in [-0.39, 0.29) is 6.42 Å². The van der Waals surface area contributed by atoms with E-state index in [4.69, 9.17) is 10.2 Å². The first-order valence-electron chi connectivity index (χ1n) is 5.65. The maximum absolute atomic E-state index is 10.8. The van der Waals surface area contributed by atoms with E-state index < -0.39 is 23.3 Å². The van der Waals surface area contributed by atoms with E-state index in [1.165, 1.54) is 0 Å². The number of carbonyl (C=O) groups is 2. The molecule has 0 aliphatic rings. The minimum absolute atomic E-state index is 0.106. The Balaban J connectivity index is 0. The molecule has 17 heavy (non-hydrogen) atoms. The molecule has 0 saturated heterocycles. The van der Waals surface area contributed by atoms with E-state index in [0.717, 1.165) is 4.48 Å². The molecule has 5 nitrogen and oxygen atoms in total. The molecule has 0 bridgehead atoms. The number of hydrogen-bond donors (Lipinski definition) is 2. The van der Waals surface area contributed by atoms with Gasteiger partial charge in [-0.05, 0) is 12.3 Å². The molecule has 0 spiro atoms. The molecule has 0 heterocycles. The van der Waals surface area contributed by atoms with Crippen molar-refractivity contribution in [3.63, 3.8) is 0 Å². The molecule has 0 amide bonds. The Kier molecular flexibility index (Phi) is 7.08. The van der Waals surface area contributed by atoms with Gasteiger partial charge in [0.1, 0.15) is 0 Å². The number of nitrogens with zero attached hydrogens (tertiary/aromatic N) is 1. The fourth-order valence-corrected chi connectivity index (χ4v) is 1.30. The number of aliphatic carboxylic acids is 2. The number of carboxylic acid groups (broad SMARTS) is 2. The fourth-order valence-electron chi connectivity index (χ4n) is 1.30. The van der Waals surface area contributed by atoms with E-state index >= 15 is 0 Å². The highest BCUT2D eigenvalue weighted by molar-refractivity contribution is 5.98. The van der Waals surface area contributed by atoms with Crippen LogP contribution < -0.4 is 0 Å². The van der Waals surface area contributed by atoms with Crippen molar-refractivity contribution in [3.8, 4) is 0 Å². The van der Waals surface area contributed by atoms with Crippen molar-refractivity contribution in [1.29, 1.82) is 0 Å². The quantitative estimate of drug-likeness (QED) is 0.584. The summed E-state index contributed by atoms with van der Waals surface area (Å²) in [5.74, 6) is -2.92. The van der Waals surface area contributed by atoms with Gasteiger partial charge in [-0.25, -0.2) is 0 Å². The molecule has 0 radical (unpaired) electrons. The average molecular weight is 248 g/mol. The molecule has 0 aromatic rings. The van der Waals surface area contributed by atoms with Gasteiger partial charge < -0.3 is 14.7 Å². The van der Waals surface area contributed by atoms with Gasteiger partial charge in [0.05, 0.1) is 28.2 Å². The molecule has 0 rings (SSSR count). The normalized spacial score (nSPS) is 11.8. The second-order valence-corrected chi connectivity index (χ2v) is 5.77. The lowest BCUT2D eigenvalue weighted by Gasteiger charge is -2.26. The second kappa shape index (κ2) is 6.59. The summed E-state index contributed by atoms with van der Waals surface area (Å²) in [5.41, 5.74) is -1.63. The third-order valence-electron chi connectivity index (χ3n) is 2.31. The molecule has 0 unspecified atom stereocenters. The minimum Gasteiger partial charge on any atom is -0.480 e. The van der Waals surface area contributed by atoms with Crippen molar-refractivity contribution >= 4 is 11.9 Å². The lowest BCUT2D eigenvalue weighted by molar-refractivity contribution is -0.849. The van der Waals surface area contributed by atoms with E-state index in [9.17, 15) is 9.59 Å². The van der Waals surface area contributed by atoms with Gasteiger partial charge in [-0.3, -0.25) is 9.59 Å². The van der Waals surface area contributed by atoms with Crippen molar-refractivity contribution in [1.82, 2.24) is 0 Å². The van der Waals surface area contributed by atoms with Gasteiger partial charge >= 0.3 is 11.9 Å². The zero-order chi connectivity index (χ0) is 14.4. The topological polar surface area (TPSA) is 74.6 Å². The van der Waals surface area contributed by atoms with Crippen LogP contribution in [0.4, 0.5) is 0 Å². The molecular weight excluding hydrogens is 222 g/mol. The summed E-state index contributed by atoms with van der Waals surface area (Å²) in [6.07, 6.45) is 0.106. The van der Waals surface area contributed by atoms with Crippen LogP contribution in [0.1, 0.15) is 27.2 Å². The first-order valence-corrected chi connectivity index (χ1v) is 5.65. The molecule has 0 aliphatic heterocycles. The van der Waals surface area contributed by atoms with Gasteiger partial charge in [0, 0.05) is 0 Å². The Morgan fingerprint density at radius 2 is 1.29 bits per heavy atom. The van der Waals surface area contributed by atoms with Crippen LogP contribution in [0.15, 0.2) is 0 Å². The third kappa shape index (κ3) is 6.26. The molecule has 0 aromatic carbocycles. The van der Waals surface area contributed by atoms with Gasteiger partial charge in [-0.2, -0.15) is 0 Å².